The van der Waals surface area contributed by atoms with E-state index >= 15 is 0 Å². The number of hydrogen-bond acceptors (Lipinski definition) is 7. The number of piperidine rings is 3. The lowest BCUT2D eigenvalue weighted by Gasteiger charge is -2.55. The summed E-state index contributed by atoms with van der Waals surface area (Å²) in [6, 6.07) is 0.189. The second-order valence-electron chi connectivity index (χ2n) is 13.2. The largest absolute Gasteiger partial charge is 0.341 e. The Kier molecular flexibility index (Phi) is 6.12. The molecule has 7 heteroatoms. The first-order chi connectivity index (χ1) is 15.2. The highest BCUT2D eigenvalue weighted by atomic mass is 15.4. The lowest BCUT2D eigenvalue weighted by Crippen LogP contribution is -2.64. The van der Waals surface area contributed by atoms with Gasteiger partial charge in [-0.25, -0.2) is 0 Å². The predicted octanol–water partition coefficient (Wildman–Crippen LogP) is 4.89. The summed E-state index contributed by atoms with van der Waals surface area (Å²) < 4.78 is 0. The molecule has 0 aromatic carbocycles. The first-order valence-electron chi connectivity index (χ1n) is 13.1. The Hall–Kier alpha value is -1.63. The second kappa shape index (κ2) is 8.24. The van der Waals surface area contributed by atoms with Crippen molar-refractivity contribution in [2.24, 2.45) is 5.73 Å². The molecule has 33 heavy (non-hydrogen) atoms. The molecule has 1 aromatic rings. The van der Waals surface area contributed by atoms with E-state index < -0.39 is 0 Å². The van der Waals surface area contributed by atoms with E-state index in [1.165, 1.54) is 25.7 Å². The topological polar surface area (TPSA) is 74.4 Å². The van der Waals surface area contributed by atoms with E-state index in [1.807, 2.05) is 0 Å². The van der Waals surface area contributed by atoms with Crippen LogP contribution in [0.4, 0.5) is 17.8 Å². The SMILES string of the molecule is CC1(C)CCCC(C)(C)N1c1nc(N2CCCCC2)nc(N2C(C)(C)CC(N)CC2(C)C)n1. The van der Waals surface area contributed by atoms with E-state index in [0.717, 1.165) is 56.6 Å². The third-order valence-corrected chi connectivity index (χ3v) is 8.16. The standard InChI is InChI=1S/C26H47N7/c1-23(2)13-12-14-24(3,4)32(23)21-28-20(31-15-10-9-11-16-31)29-22(30-21)33-25(5,6)17-19(27)18-26(33,7)8/h19H,9-18,27H2,1-8H3. The summed E-state index contributed by atoms with van der Waals surface area (Å²) in [5.74, 6) is 2.48. The molecule has 0 atom stereocenters. The van der Waals surface area contributed by atoms with Crippen molar-refractivity contribution in [2.75, 3.05) is 27.8 Å². The van der Waals surface area contributed by atoms with Crippen molar-refractivity contribution in [1.82, 2.24) is 15.0 Å². The second-order valence-corrected chi connectivity index (χ2v) is 13.2. The van der Waals surface area contributed by atoms with Gasteiger partial charge in [0.25, 0.3) is 0 Å². The first-order valence-corrected chi connectivity index (χ1v) is 13.1. The van der Waals surface area contributed by atoms with Crippen LogP contribution in [-0.4, -0.2) is 56.2 Å². The zero-order valence-electron chi connectivity index (χ0n) is 22.4. The van der Waals surface area contributed by atoms with E-state index in [-0.39, 0.29) is 28.2 Å². The number of hydrogen-bond donors (Lipinski definition) is 1. The third-order valence-electron chi connectivity index (χ3n) is 8.16. The van der Waals surface area contributed by atoms with Crippen LogP contribution in [0.3, 0.4) is 0 Å². The summed E-state index contributed by atoms with van der Waals surface area (Å²) in [7, 11) is 0. The molecule has 3 fully saturated rings. The lowest BCUT2D eigenvalue weighted by molar-refractivity contribution is 0.215. The van der Waals surface area contributed by atoms with Crippen LogP contribution in [0.25, 0.3) is 0 Å². The zero-order chi connectivity index (χ0) is 24.2. The molecule has 7 nitrogen and oxygen atoms in total. The Balaban J connectivity index is 1.87. The van der Waals surface area contributed by atoms with Crippen LogP contribution in [0.5, 0.6) is 0 Å². The molecule has 4 heterocycles. The fourth-order valence-electron chi connectivity index (χ4n) is 7.22. The van der Waals surface area contributed by atoms with Gasteiger partial charge < -0.3 is 20.4 Å². The molecule has 0 amide bonds. The molecule has 4 rings (SSSR count). The Morgan fingerprint density at radius 2 is 1.03 bits per heavy atom. The van der Waals surface area contributed by atoms with Gasteiger partial charge in [0.15, 0.2) is 0 Å². The van der Waals surface area contributed by atoms with E-state index in [0.29, 0.717) is 0 Å². The summed E-state index contributed by atoms with van der Waals surface area (Å²) in [5.41, 5.74) is 6.22. The van der Waals surface area contributed by atoms with Crippen molar-refractivity contribution in [3.63, 3.8) is 0 Å². The Morgan fingerprint density at radius 1 is 0.606 bits per heavy atom. The van der Waals surface area contributed by atoms with Gasteiger partial charge in [-0.1, -0.05) is 0 Å². The van der Waals surface area contributed by atoms with Crippen LogP contribution >= 0.6 is 0 Å². The Morgan fingerprint density at radius 3 is 1.52 bits per heavy atom. The molecule has 0 aliphatic carbocycles. The van der Waals surface area contributed by atoms with E-state index in [4.69, 9.17) is 20.7 Å². The fourth-order valence-corrected chi connectivity index (χ4v) is 7.22. The molecule has 1 aromatic heterocycles. The van der Waals surface area contributed by atoms with Gasteiger partial charge in [-0.15, -0.1) is 0 Å². The van der Waals surface area contributed by atoms with Crippen molar-refractivity contribution < 1.29 is 0 Å². The quantitative estimate of drug-likeness (QED) is 0.692. The molecule has 0 unspecified atom stereocenters. The van der Waals surface area contributed by atoms with Gasteiger partial charge in [0, 0.05) is 41.3 Å². The number of rotatable bonds is 3. The summed E-state index contributed by atoms with van der Waals surface area (Å²) in [6.07, 6.45) is 9.07. The van der Waals surface area contributed by atoms with Crippen LogP contribution < -0.4 is 20.4 Å². The number of aromatic nitrogens is 3. The van der Waals surface area contributed by atoms with Crippen molar-refractivity contribution in [1.29, 1.82) is 0 Å². The molecule has 3 aliphatic heterocycles. The number of nitrogens with two attached hydrogens (primary N) is 1. The summed E-state index contributed by atoms with van der Waals surface area (Å²) in [6.45, 7) is 20.5. The highest BCUT2D eigenvalue weighted by Crippen LogP contribution is 2.44. The van der Waals surface area contributed by atoms with Crippen molar-refractivity contribution in [2.45, 2.75) is 135 Å². The molecule has 0 saturated carbocycles. The average Bonchev–Trinajstić information content (AvgIpc) is 2.64. The van der Waals surface area contributed by atoms with Crippen molar-refractivity contribution in [3.8, 4) is 0 Å². The van der Waals surface area contributed by atoms with E-state index in [9.17, 15) is 0 Å². The minimum Gasteiger partial charge on any atom is -0.341 e. The Labute approximate surface area is 201 Å². The molecular formula is C26H47N7. The number of anilines is 3. The van der Waals surface area contributed by atoms with Gasteiger partial charge >= 0.3 is 0 Å². The third kappa shape index (κ3) is 4.67. The minimum atomic E-state index is -0.133. The van der Waals surface area contributed by atoms with Crippen LogP contribution in [0.1, 0.15) is 107 Å². The van der Waals surface area contributed by atoms with Crippen LogP contribution in [-0.2, 0) is 0 Å². The van der Waals surface area contributed by atoms with E-state index in [1.54, 1.807) is 0 Å². The van der Waals surface area contributed by atoms with Gasteiger partial charge in [-0.2, -0.15) is 15.0 Å². The molecule has 186 valence electrons. The summed E-state index contributed by atoms with van der Waals surface area (Å²) >= 11 is 0. The predicted molar refractivity (Wildman–Crippen MR) is 138 cm³/mol. The fraction of sp³-hybridized carbons (Fsp3) is 0.885. The van der Waals surface area contributed by atoms with Gasteiger partial charge in [0.1, 0.15) is 0 Å². The van der Waals surface area contributed by atoms with E-state index in [2.05, 4.69) is 70.1 Å². The monoisotopic (exact) mass is 457 g/mol. The molecule has 0 bridgehead atoms. The van der Waals surface area contributed by atoms with Crippen molar-refractivity contribution >= 4 is 17.8 Å². The van der Waals surface area contributed by atoms with Crippen LogP contribution in [0.2, 0.25) is 0 Å². The molecule has 3 aliphatic rings. The molecule has 0 spiro atoms. The first kappa shape index (κ1) is 24.5. The highest BCUT2D eigenvalue weighted by Gasteiger charge is 2.48. The highest BCUT2D eigenvalue weighted by molar-refractivity contribution is 5.52. The molecule has 3 saturated heterocycles. The lowest BCUT2D eigenvalue weighted by atomic mass is 9.77. The maximum absolute atomic E-state index is 6.49. The summed E-state index contributed by atoms with van der Waals surface area (Å²) in [5, 5.41) is 0. The molecule has 2 N–H and O–H groups in total. The van der Waals surface area contributed by atoms with Crippen LogP contribution in [0, 0.1) is 0 Å². The molecular weight excluding hydrogens is 410 g/mol. The van der Waals surface area contributed by atoms with Gasteiger partial charge in [0.05, 0.1) is 0 Å². The Bertz CT molecular complexity index is 820. The van der Waals surface area contributed by atoms with Gasteiger partial charge in [0.2, 0.25) is 17.8 Å². The van der Waals surface area contributed by atoms with Gasteiger partial charge in [-0.3, -0.25) is 0 Å². The maximum Gasteiger partial charge on any atom is 0.232 e. The normalized spacial score (nSPS) is 27.0. The molecule has 0 radical (unpaired) electrons. The van der Waals surface area contributed by atoms with Crippen molar-refractivity contribution in [3.05, 3.63) is 0 Å². The smallest absolute Gasteiger partial charge is 0.232 e. The zero-order valence-corrected chi connectivity index (χ0v) is 22.4. The summed E-state index contributed by atoms with van der Waals surface area (Å²) in [4.78, 5) is 22.8. The van der Waals surface area contributed by atoms with Crippen LogP contribution in [0.15, 0.2) is 0 Å². The minimum absolute atomic E-state index is 0.00513. The average molecular weight is 458 g/mol. The maximum atomic E-state index is 6.49. The van der Waals surface area contributed by atoms with Gasteiger partial charge in [-0.05, 0) is 107 Å². The number of nitrogens with zero attached hydrogens (tertiary/aromatic N) is 6.